The number of rotatable bonds is 5. The largest absolute Gasteiger partial charge is 0.378 e. The van der Waals surface area contributed by atoms with Crippen LogP contribution in [0.25, 0.3) is 5.82 Å². The summed E-state index contributed by atoms with van der Waals surface area (Å²) < 4.78 is 6.95. The number of ether oxygens (including phenoxy) is 1. The van der Waals surface area contributed by atoms with E-state index < -0.39 is 0 Å². The average Bonchev–Trinajstić information content (AvgIpc) is 3.27. The lowest BCUT2D eigenvalue weighted by atomic mass is 10.3. The van der Waals surface area contributed by atoms with Crippen molar-refractivity contribution < 1.29 is 9.53 Å². The van der Waals surface area contributed by atoms with Crippen molar-refractivity contribution in [3.8, 4) is 5.82 Å². The van der Waals surface area contributed by atoms with Gasteiger partial charge in [0, 0.05) is 37.7 Å². The maximum Gasteiger partial charge on any atom is 0.270 e. The van der Waals surface area contributed by atoms with Crippen LogP contribution in [0.15, 0.2) is 36.8 Å². The third-order valence-corrected chi connectivity index (χ3v) is 4.23. The minimum absolute atomic E-state index is 0.206. The molecule has 1 N–H and O–H groups in total. The van der Waals surface area contributed by atoms with Crippen LogP contribution in [-0.4, -0.2) is 61.9 Å². The smallest absolute Gasteiger partial charge is 0.270 e. The van der Waals surface area contributed by atoms with Crippen LogP contribution >= 0.6 is 0 Å². The van der Waals surface area contributed by atoms with Gasteiger partial charge in [-0.1, -0.05) is 0 Å². The van der Waals surface area contributed by atoms with Crippen LogP contribution in [0.1, 0.15) is 22.1 Å². The molecule has 28 heavy (non-hydrogen) atoms. The monoisotopic (exact) mass is 380 g/mol. The minimum atomic E-state index is -0.320. The van der Waals surface area contributed by atoms with E-state index in [4.69, 9.17) is 4.74 Å². The molecule has 3 aromatic heterocycles. The van der Waals surface area contributed by atoms with Crippen molar-refractivity contribution in [1.82, 2.24) is 35.0 Å². The molecule has 0 radical (unpaired) electrons. The van der Waals surface area contributed by atoms with E-state index in [0.29, 0.717) is 30.7 Å². The van der Waals surface area contributed by atoms with Gasteiger partial charge in [0.15, 0.2) is 5.82 Å². The molecular formula is C18H20N8O2. The summed E-state index contributed by atoms with van der Waals surface area (Å²) in [6.07, 6.45) is 5.11. The number of amides is 1. The molecule has 1 amide bonds. The first-order valence-corrected chi connectivity index (χ1v) is 8.97. The van der Waals surface area contributed by atoms with E-state index >= 15 is 0 Å². The highest BCUT2D eigenvalue weighted by Gasteiger charge is 2.15. The molecule has 0 aromatic carbocycles. The Bertz CT molecular complexity index is 954. The van der Waals surface area contributed by atoms with Crippen LogP contribution in [0.4, 0.5) is 5.82 Å². The molecule has 144 valence electrons. The summed E-state index contributed by atoms with van der Waals surface area (Å²) in [6.45, 7) is 4.89. The highest BCUT2D eigenvalue weighted by Crippen LogP contribution is 2.12. The molecular weight excluding hydrogens is 360 g/mol. The molecule has 0 saturated carbocycles. The minimum Gasteiger partial charge on any atom is -0.378 e. The third-order valence-electron chi connectivity index (χ3n) is 4.23. The molecule has 0 bridgehead atoms. The first-order valence-electron chi connectivity index (χ1n) is 8.97. The number of hydrogen-bond acceptors (Lipinski definition) is 8. The van der Waals surface area contributed by atoms with E-state index in [0.717, 1.165) is 18.9 Å². The SMILES string of the molecule is Cc1nc(C(=O)NCc2nccc(N3CCOCC3)n2)cc(-n2cccn2)n1. The Morgan fingerprint density at radius 1 is 1.18 bits per heavy atom. The second kappa shape index (κ2) is 8.09. The van der Waals surface area contributed by atoms with Crippen molar-refractivity contribution in [1.29, 1.82) is 0 Å². The predicted octanol–water partition coefficient (Wildman–Crippen LogP) is 0.527. The lowest BCUT2D eigenvalue weighted by Crippen LogP contribution is -2.37. The van der Waals surface area contributed by atoms with Gasteiger partial charge < -0.3 is 15.0 Å². The van der Waals surface area contributed by atoms with Crippen molar-refractivity contribution in [3.63, 3.8) is 0 Å². The van der Waals surface area contributed by atoms with Crippen molar-refractivity contribution in [2.45, 2.75) is 13.5 Å². The molecule has 4 heterocycles. The van der Waals surface area contributed by atoms with Gasteiger partial charge in [-0.15, -0.1) is 0 Å². The van der Waals surface area contributed by atoms with Crippen LogP contribution < -0.4 is 10.2 Å². The standard InChI is InChI=1S/C18H20N8O2/c1-13-22-14(11-17(23-13)26-6-2-4-21-26)18(27)20-12-15-19-5-3-16(24-15)25-7-9-28-10-8-25/h2-6,11H,7-10,12H2,1H3,(H,20,27). The number of aryl methyl sites for hydroxylation is 1. The van der Waals surface area contributed by atoms with Gasteiger partial charge in [0.1, 0.15) is 23.2 Å². The number of carbonyl (C=O) groups is 1. The summed E-state index contributed by atoms with van der Waals surface area (Å²) in [5, 5.41) is 6.95. The molecule has 0 aliphatic carbocycles. The summed E-state index contributed by atoms with van der Waals surface area (Å²) in [7, 11) is 0. The van der Waals surface area contributed by atoms with Gasteiger partial charge in [-0.2, -0.15) is 5.10 Å². The molecule has 0 spiro atoms. The summed E-state index contributed by atoms with van der Waals surface area (Å²) in [5.74, 6) is 2.08. The van der Waals surface area contributed by atoms with E-state index in [1.807, 2.05) is 6.07 Å². The van der Waals surface area contributed by atoms with Crippen molar-refractivity contribution >= 4 is 11.7 Å². The summed E-state index contributed by atoms with van der Waals surface area (Å²) in [6, 6.07) is 5.25. The molecule has 10 nitrogen and oxygen atoms in total. The zero-order valence-electron chi connectivity index (χ0n) is 15.4. The third kappa shape index (κ3) is 4.12. The zero-order chi connectivity index (χ0) is 19.3. The van der Waals surface area contributed by atoms with E-state index in [1.54, 1.807) is 42.3 Å². The lowest BCUT2D eigenvalue weighted by Gasteiger charge is -2.27. The van der Waals surface area contributed by atoms with Gasteiger partial charge in [0.25, 0.3) is 5.91 Å². The number of nitrogens with zero attached hydrogens (tertiary/aromatic N) is 7. The van der Waals surface area contributed by atoms with E-state index in [1.165, 1.54) is 0 Å². The van der Waals surface area contributed by atoms with Crippen molar-refractivity contribution in [2.24, 2.45) is 0 Å². The normalized spacial score (nSPS) is 14.1. The molecule has 1 fully saturated rings. The Balaban J connectivity index is 1.45. The molecule has 10 heteroatoms. The highest BCUT2D eigenvalue weighted by molar-refractivity contribution is 5.92. The van der Waals surface area contributed by atoms with Gasteiger partial charge in [0.2, 0.25) is 0 Å². The van der Waals surface area contributed by atoms with Crippen LogP contribution in [-0.2, 0) is 11.3 Å². The second-order valence-electron chi connectivity index (χ2n) is 6.22. The maximum absolute atomic E-state index is 12.6. The lowest BCUT2D eigenvalue weighted by molar-refractivity contribution is 0.0944. The molecule has 4 rings (SSSR count). The molecule has 0 atom stereocenters. The van der Waals surface area contributed by atoms with Crippen LogP contribution in [0, 0.1) is 6.92 Å². The summed E-state index contributed by atoms with van der Waals surface area (Å²) in [5.41, 5.74) is 0.266. The summed E-state index contributed by atoms with van der Waals surface area (Å²) >= 11 is 0. The number of nitrogens with one attached hydrogen (secondary N) is 1. The number of hydrogen-bond donors (Lipinski definition) is 1. The van der Waals surface area contributed by atoms with Crippen LogP contribution in [0.2, 0.25) is 0 Å². The number of carbonyl (C=O) groups excluding carboxylic acids is 1. The average molecular weight is 380 g/mol. The number of morpholine rings is 1. The van der Waals surface area contributed by atoms with Gasteiger partial charge in [-0.05, 0) is 19.1 Å². The maximum atomic E-state index is 12.6. The molecule has 3 aromatic rings. The van der Waals surface area contributed by atoms with Gasteiger partial charge in [-0.3, -0.25) is 4.79 Å². The molecule has 1 saturated heterocycles. The summed E-state index contributed by atoms with van der Waals surface area (Å²) in [4.78, 5) is 32.0. The van der Waals surface area contributed by atoms with Gasteiger partial charge in [-0.25, -0.2) is 24.6 Å². The fourth-order valence-corrected chi connectivity index (χ4v) is 2.88. The Hall–Kier alpha value is -3.40. The van der Waals surface area contributed by atoms with Crippen LogP contribution in [0.3, 0.4) is 0 Å². The first-order chi connectivity index (χ1) is 13.7. The fraction of sp³-hybridized carbons (Fsp3) is 0.333. The van der Waals surface area contributed by atoms with Crippen molar-refractivity contribution in [3.05, 3.63) is 54.1 Å². The molecule has 0 unspecified atom stereocenters. The molecule has 1 aliphatic rings. The quantitative estimate of drug-likeness (QED) is 0.682. The fourth-order valence-electron chi connectivity index (χ4n) is 2.88. The highest BCUT2D eigenvalue weighted by atomic mass is 16.5. The van der Waals surface area contributed by atoms with Crippen LogP contribution in [0.5, 0.6) is 0 Å². The second-order valence-corrected chi connectivity index (χ2v) is 6.22. The van der Waals surface area contributed by atoms with E-state index in [2.05, 4.69) is 35.3 Å². The van der Waals surface area contributed by atoms with E-state index in [9.17, 15) is 4.79 Å². The number of aromatic nitrogens is 6. The first kappa shape index (κ1) is 18.0. The molecule has 1 aliphatic heterocycles. The topological polar surface area (TPSA) is 111 Å². The Kier molecular flexibility index (Phi) is 5.20. The Morgan fingerprint density at radius 3 is 2.82 bits per heavy atom. The predicted molar refractivity (Wildman–Crippen MR) is 100 cm³/mol. The Morgan fingerprint density at radius 2 is 2.04 bits per heavy atom. The number of anilines is 1. The zero-order valence-corrected chi connectivity index (χ0v) is 15.4. The van der Waals surface area contributed by atoms with E-state index in [-0.39, 0.29) is 18.1 Å². The van der Waals surface area contributed by atoms with Gasteiger partial charge >= 0.3 is 0 Å². The van der Waals surface area contributed by atoms with Crippen molar-refractivity contribution in [2.75, 3.05) is 31.2 Å². The Labute approximate surface area is 161 Å². The van der Waals surface area contributed by atoms with Gasteiger partial charge in [0.05, 0.1) is 19.8 Å².